The highest BCUT2D eigenvalue weighted by Gasteiger charge is 2.18. The number of nitriles is 1. The summed E-state index contributed by atoms with van der Waals surface area (Å²) in [5.74, 6) is -1.41. The molecule has 9 heteroatoms. The van der Waals surface area contributed by atoms with Gasteiger partial charge < -0.3 is 10.1 Å². The Labute approximate surface area is 193 Å². The lowest BCUT2D eigenvalue weighted by molar-refractivity contribution is -0.384. The fourth-order valence-corrected chi connectivity index (χ4v) is 3.34. The van der Waals surface area contributed by atoms with E-state index in [1.807, 2.05) is 36.4 Å². The number of carbonyl (C=O) groups is 2. The van der Waals surface area contributed by atoms with Crippen LogP contribution in [-0.2, 0) is 9.53 Å². The Morgan fingerprint density at radius 2 is 1.76 bits per heavy atom. The summed E-state index contributed by atoms with van der Waals surface area (Å²) >= 11 is 0. The van der Waals surface area contributed by atoms with Crippen LogP contribution in [0.3, 0.4) is 0 Å². The largest absolute Gasteiger partial charge is 0.452 e. The summed E-state index contributed by atoms with van der Waals surface area (Å²) in [7, 11) is 0. The van der Waals surface area contributed by atoms with Crippen molar-refractivity contribution in [2.24, 2.45) is 0 Å². The van der Waals surface area contributed by atoms with Crippen LogP contribution >= 0.6 is 0 Å². The second kappa shape index (κ2) is 9.58. The molecule has 4 aromatic rings. The Morgan fingerprint density at radius 3 is 2.50 bits per heavy atom. The van der Waals surface area contributed by atoms with Crippen molar-refractivity contribution >= 4 is 34.2 Å². The summed E-state index contributed by atoms with van der Waals surface area (Å²) in [6.07, 6.45) is 0. The molecule has 0 unspecified atom stereocenters. The Hall–Kier alpha value is -5.10. The molecule has 4 rings (SSSR count). The molecule has 166 valence electrons. The third-order valence-corrected chi connectivity index (χ3v) is 4.95. The van der Waals surface area contributed by atoms with E-state index in [1.54, 1.807) is 30.3 Å². The molecule has 1 aromatic heterocycles. The van der Waals surface area contributed by atoms with Crippen molar-refractivity contribution in [1.82, 2.24) is 4.98 Å². The van der Waals surface area contributed by atoms with Gasteiger partial charge in [0.1, 0.15) is 6.07 Å². The molecule has 0 aliphatic rings. The molecule has 0 spiro atoms. The van der Waals surface area contributed by atoms with Crippen LogP contribution in [0.15, 0.2) is 78.9 Å². The molecule has 3 aromatic carbocycles. The Bertz CT molecular complexity index is 1460. The van der Waals surface area contributed by atoms with Crippen LogP contribution in [-0.4, -0.2) is 28.4 Å². The van der Waals surface area contributed by atoms with Gasteiger partial charge >= 0.3 is 5.97 Å². The third-order valence-electron chi connectivity index (χ3n) is 4.95. The summed E-state index contributed by atoms with van der Waals surface area (Å²) in [5.41, 5.74) is 1.98. The van der Waals surface area contributed by atoms with Crippen molar-refractivity contribution in [2.45, 2.75) is 0 Å². The smallest absolute Gasteiger partial charge is 0.339 e. The highest BCUT2D eigenvalue weighted by molar-refractivity contribution is 6.05. The van der Waals surface area contributed by atoms with Gasteiger partial charge in [0.25, 0.3) is 11.6 Å². The zero-order chi connectivity index (χ0) is 24.1. The van der Waals surface area contributed by atoms with Gasteiger partial charge in [0.05, 0.1) is 32.9 Å². The fraction of sp³-hybridized carbons (Fsp3) is 0.0400. The van der Waals surface area contributed by atoms with Crippen LogP contribution in [0.1, 0.15) is 15.9 Å². The number of fused-ring (bicyclic) bond motifs is 1. The van der Waals surface area contributed by atoms with Crippen LogP contribution < -0.4 is 5.32 Å². The number of nitrogens with zero attached hydrogens (tertiary/aromatic N) is 3. The second-order valence-corrected chi connectivity index (χ2v) is 7.16. The van der Waals surface area contributed by atoms with Gasteiger partial charge in [-0.3, -0.25) is 14.9 Å². The number of esters is 1. The molecule has 1 N–H and O–H groups in total. The fourth-order valence-electron chi connectivity index (χ4n) is 3.34. The SMILES string of the molecule is N#Cc1cc([N+](=O)[O-])ccc1NC(=O)COC(=O)c1cc(-c2ccccc2)nc2ccccc12. The molecular weight excluding hydrogens is 436 g/mol. The molecule has 0 fully saturated rings. The molecule has 0 aliphatic carbocycles. The predicted molar refractivity (Wildman–Crippen MR) is 124 cm³/mol. The number of hydrogen-bond acceptors (Lipinski definition) is 7. The minimum absolute atomic E-state index is 0.0786. The Balaban J connectivity index is 1.53. The number of amides is 1. The van der Waals surface area contributed by atoms with Gasteiger partial charge in [-0.15, -0.1) is 0 Å². The quantitative estimate of drug-likeness (QED) is 0.259. The topological polar surface area (TPSA) is 135 Å². The van der Waals surface area contributed by atoms with Gasteiger partial charge in [0, 0.05) is 23.1 Å². The number of rotatable bonds is 6. The number of carbonyl (C=O) groups excluding carboxylic acids is 2. The molecule has 1 heterocycles. The van der Waals surface area contributed by atoms with E-state index in [0.717, 1.165) is 17.7 Å². The van der Waals surface area contributed by atoms with Crippen molar-refractivity contribution in [1.29, 1.82) is 5.26 Å². The Kier molecular flexibility index (Phi) is 6.23. The minimum Gasteiger partial charge on any atom is -0.452 e. The monoisotopic (exact) mass is 452 g/mol. The van der Waals surface area contributed by atoms with Gasteiger partial charge in [-0.05, 0) is 18.2 Å². The number of anilines is 1. The lowest BCUT2D eigenvalue weighted by Gasteiger charge is -2.11. The predicted octanol–water partition coefficient (Wildman–Crippen LogP) is 4.48. The maximum Gasteiger partial charge on any atom is 0.339 e. The molecule has 0 saturated heterocycles. The van der Waals surface area contributed by atoms with Crippen LogP contribution in [0.5, 0.6) is 0 Å². The second-order valence-electron chi connectivity index (χ2n) is 7.16. The molecule has 0 saturated carbocycles. The first-order valence-electron chi connectivity index (χ1n) is 10.1. The molecule has 1 amide bonds. The van der Waals surface area contributed by atoms with Crippen molar-refractivity contribution in [3.8, 4) is 17.3 Å². The molecular formula is C25H16N4O5. The van der Waals surface area contributed by atoms with Gasteiger partial charge in [-0.25, -0.2) is 9.78 Å². The number of non-ortho nitro benzene ring substituents is 1. The normalized spacial score (nSPS) is 10.3. The summed E-state index contributed by atoms with van der Waals surface area (Å²) in [6, 6.07) is 23.3. The van der Waals surface area contributed by atoms with E-state index < -0.39 is 23.4 Å². The first kappa shape index (κ1) is 22.1. The number of nitrogens with one attached hydrogen (secondary N) is 1. The van der Waals surface area contributed by atoms with Crippen molar-refractivity contribution < 1.29 is 19.2 Å². The van der Waals surface area contributed by atoms with Crippen LogP contribution in [0.2, 0.25) is 0 Å². The number of nitro groups is 1. The van der Waals surface area contributed by atoms with E-state index in [1.165, 1.54) is 6.07 Å². The molecule has 0 radical (unpaired) electrons. The Morgan fingerprint density at radius 1 is 1.03 bits per heavy atom. The third kappa shape index (κ3) is 4.71. The highest BCUT2D eigenvalue weighted by Crippen LogP contribution is 2.25. The van der Waals surface area contributed by atoms with Crippen molar-refractivity contribution in [3.05, 3.63) is 100 Å². The molecule has 0 aliphatic heterocycles. The molecule has 9 nitrogen and oxygen atoms in total. The lowest BCUT2D eigenvalue weighted by Crippen LogP contribution is -2.21. The van der Waals surface area contributed by atoms with E-state index in [-0.39, 0.29) is 22.5 Å². The molecule has 0 atom stereocenters. The average Bonchev–Trinajstić information content (AvgIpc) is 2.87. The van der Waals surface area contributed by atoms with Gasteiger partial charge in [-0.1, -0.05) is 48.5 Å². The lowest BCUT2D eigenvalue weighted by atomic mass is 10.0. The van der Waals surface area contributed by atoms with Gasteiger partial charge in [0.2, 0.25) is 0 Å². The van der Waals surface area contributed by atoms with E-state index in [0.29, 0.717) is 16.6 Å². The number of para-hydroxylation sites is 1. The summed E-state index contributed by atoms with van der Waals surface area (Å²) < 4.78 is 5.23. The van der Waals surface area contributed by atoms with E-state index >= 15 is 0 Å². The summed E-state index contributed by atoms with van der Waals surface area (Å²) in [5, 5.41) is 23.1. The first-order chi connectivity index (χ1) is 16.5. The maximum atomic E-state index is 12.9. The zero-order valence-corrected chi connectivity index (χ0v) is 17.6. The number of pyridine rings is 1. The average molecular weight is 452 g/mol. The van der Waals surface area contributed by atoms with E-state index in [4.69, 9.17) is 4.74 Å². The van der Waals surface area contributed by atoms with Crippen LogP contribution in [0, 0.1) is 21.4 Å². The van der Waals surface area contributed by atoms with Gasteiger partial charge in [-0.2, -0.15) is 5.26 Å². The molecule has 34 heavy (non-hydrogen) atoms. The van der Waals surface area contributed by atoms with Crippen molar-refractivity contribution in [3.63, 3.8) is 0 Å². The summed E-state index contributed by atoms with van der Waals surface area (Å²) in [4.78, 5) is 40.1. The standard InChI is InChI=1S/C25H16N4O5/c26-14-17-12-18(29(32)33)10-11-21(17)28-24(30)15-34-25(31)20-13-23(16-6-2-1-3-7-16)27-22-9-5-4-8-19(20)22/h1-13H,15H2,(H,28,30). The van der Waals surface area contributed by atoms with Crippen LogP contribution in [0.4, 0.5) is 11.4 Å². The van der Waals surface area contributed by atoms with Crippen molar-refractivity contribution in [2.75, 3.05) is 11.9 Å². The number of hydrogen-bond donors (Lipinski definition) is 1. The number of ether oxygens (including phenoxy) is 1. The zero-order valence-electron chi connectivity index (χ0n) is 17.6. The van der Waals surface area contributed by atoms with Crippen LogP contribution in [0.25, 0.3) is 22.2 Å². The first-order valence-corrected chi connectivity index (χ1v) is 10.1. The summed E-state index contributed by atoms with van der Waals surface area (Å²) in [6.45, 7) is -0.613. The number of nitro benzene ring substituents is 1. The number of aromatic nitrogens is 1. The van der Waals surface area contributed by atoms with E-state index in [2.05, 4.69) is 10.3 Å². The number of benzene rings is 3. The van der Waals surface area contributed by atoms with E-state index in [9.17, 15) is 25.0 Å². The molecule has 0 bridgehead atoms. The highest BCUT2D eigenvalue weighted by atomic mass is 16.6. The maximum absolute atomic E-state index is 12.9. The minimum atomic E-state index is -0.713. The van der Waals surface area contributed by atoms with Gasteiger partial charge in [0.15, 0.2) is 6.61 Å².